The molecule has 8 heteroatoms. The number of carbonyl (C=O) groups excluding carboxylic acids is 1. The van der Waals surface area contributed by atoms with Crippen LogP contribution in [0.1, 0.15) is 10.4 Å². The monoisotopic (exact) mass is 523 g/mol. The molecule has 0 saturated carbocycles. The van der Waals surface area contributed by atoms with Gasteiger partial charge >= 0.3 is 0 Å². The van der Waals surface area contributed by atoms with Crippen LogP contribution in [-0.2, 0) is 0 Å². The summed E-state index contributed by atoms with van der Waals surface area (Å²) in [5.74, 6) is 1.61. The highest BCUT2D eigenvalue weighted by atomic mass is 35.5. The third-order valence-corrected chi connectivity index (χ3v) is 7.17. The molecule has 38 heavy (non-hydrogen) atoms. The van der Waals surface area contributed by atoms with Crippen LogP contribution in [0, 0.1) is 0 Å². The minimum atomic E-state index is -0.00714. The fourth-order valence-electron chi connectivity index (χ4n) is 5.06. The predicted octanol–water partition coefficient (Wildman–Crippen LogP) is 5.71. The maximum atomic E-state index is 13.1. The molecule has 0 bridgehead atoms. The van der Waals surface area contributed by atoms with Gasteiger partial charge in [-0.3, -0.25) is 9.36 Å². The van der Waals surface area contributed by atoms with Gasteiger partial charge in [-0.1, -0.05) is 60.1 Å². The van der Waals surface area contributed by atoms with Crippen molar-refractivity contribution in [2.24, 2.45) is 0 Å². The van der Waals surface area contributed by atoms with Gasteiger partial charge in [0.05, 0.1) is 18.2 Å². The van der Waals surface area contributed by atoms with Crippen LogP contribution >= 0.6 is 11.6 Å². The SMILES string of the molecule is COc1ccccc1-n1cc(-c2ccccc2)c2c(N3CCN(C(=O)c4cccc(Cl)c4)CC3)ncnc21. The third-order valence-electron chi connectivity index (χ3n) is 6.93. The van der Waals surface area contributed by atoms with E-state index in [9.17, 15) is 4.79 Å². The van der Waals surface area contributed by atoms with Crippen LogP contribution in [0.3, 0.4) is 0 Å². The molecule has 1 aliphatic heterocycles. The maximum absolute atomic E-state index is 13.1. The number of aromatic nitrogens is 3. The molecule has 6 rings (SSSR count). The number of hydrogen-bond donors (Lipinski definition) is 0. The van der Waals surface area contributed by atoms with Crippen molar-refractivity contribution in [1.29, 1.82) is 0 Å². The summed E-state index contributed by atoms with van der Waals surface area (Å²) in [5.41, 5.74) is 4.44. The molecule has 1 saturated heterocycles. The fourth-order valence-corrected chi connectivity index (χ4v) is 5.25. The highest BCUT2D eigenvalue weighted by Gasteiger charge is 2.27. The van der Waals surface area contributed by atoms with Crippen LogP contribution in [0.25, 0.3) is 27.8 Å². The number of halogens is 1. The van der Waals surface area contributed by atoms with Crippen molar-refractivity contribution in [2.45, 2.75) is 0 Å². The molecule has 7 nitrogen and oxygen atoms in total. The van der Waals surface area contributed by atoms with E-state index >= 15 is 0 Å². The van der Waals surface area contributed by atoms with Gasteiger partial charge in [0.2, 0.25) is 0 Å². The van der Waals surface area contributed by atoms with Crippen molar-refractivity contribution in [3.05, 3.63) is 102 Å². The van der Waals surface area contributed by atoms with Crippen molar-refractivity contribution in [3.63, 3.8) is 0 Å². The summed E-state index contributed by atoms with van der Waals surface area (Å²) in [6.07, 6.45) is 3.72. The van der Waals surface area contributed by atoms with Crippen LogP contribution in [0.4, 0.5) is 5.82 Å². The number of para-hydroxylation sites is 2. The van der Waals surface area contributed by atoms with E-state index < -0.39 is 0 Å². The summed E-state index contributed by atoms with van der Waals surface area (Å²) in [7, 11) is 1.67. The minimum Gasteiger partial charge on any atom is -0.495 e. The van der Waals surface area contributed by atoms with E-state index in [0.29, 0.717) is 36.8 Å². The average molecular weight is 524 g/mol. The first-order chi connectivity index (χ1) is 18.6. The van der Waals surface area contributed by atoms with Gasteiger partial charge in [0.25, 0.3) is 5.91 Å². The van der Waals surface area contributed by atoms with Gasteiger partial charge in [-0.15, -0.1) is 0 Å². The number of piperazine rings is 1. The zero-order valence-corrected chi connectivity index (χ0v) is 21.7. The second kappa shape index (κ2) is 10.2. The molecule has 2 aromatic heterocycles. The van der Waals surface area contributed by atoms with E-state index in [0.717, 1.165) is 39.4 Å². The first kappa shape index (κ1) is 24.0. The molecule has 3 heterocycles. The summed E-state index contributed by atoms with van der Waals surface area (Å²) in [5, 5.41) is 1.53. The zero-order chi connectivity index (χ0) is 26.1. The number of amides is 1. The van der Waals surface area contributed by atoms with Gasteiger partial charge in [-0.05, 0) is 35.9 Å². The van der Waals surface area contributed by atoms with Crippen LogP contribution in [0.15, 0.2) is 91.4 Å². The van der Waals surface area contributed by atoms with Gasteiger partial charge in [0.15, 0.2) is 5.65 Å². The Morgan fingerprint density at radius 1 is 0.895 bits per heavy atom. The lowest BCUT2D eigenvalue weighted by Gasteiger charge is -2.35. The molecule has 5 aromatic rings. The Hall–Kier alpha value is -4.36. The van der Waals surface area contributed by atoms with Gasteiger partial charge in [-0.2, -0.15) is 0 Å². The number of methoxy groups -OCH3 is 1. The largest absolute Gasteiger partial charge is 0.495 e. The minimum absolute atomic E-state index is 0.00714. The molecule has 0 atom stereocenters. The Kier molecular flexibility index (Phi) is 6.43. The molecular formula is C30H26ClN5O2. The smallest absolute Gasteiger partial charge is 0.254 e. The van der Waals surface area contributed by atoms with Crippen molar-refractivity contribution in [3.8, 4) is 22.6 Å². The summed E-state index contributed by atoms with van der Waals surface area (Å²) in [6, 6.07) is 25.3. The first-order valence-corrected chi connectivity index (χ1v) is 12.9. The standard InChI is InChI=1S/C30H26ClN5O2/c1-38-26-13-6-5-12-25(26)36-19-24(21-8-3-2-4-9-21)27-28(32-20-33-29(27)36)34-14-16-35(17-15-34)30(37)22-10-7-11-23(31)18-22/h2-13,18-20H,14-17H2,1H3. The Balaban J connectivity index is 1.39. The van der Waals surface area contributed by atoms with E-state index in [1.54, 1.807) is 37.7 Å². The van der Waals surface area contributed by atoms with Crippen molar-refractivity contribution in [1.82, 2.24) is 19.4 Å². The maximum Gasteiger partial charge on any atom is 0.254 e. The van der Waals surface area contributed by atoms with Crippen LogP contribution in [0.5, 0.6) is 5.75 Å². The highest BCUT2D eigenvalue weighted by molar-refractivity contribution is 6.31. The number of ether oxygens (including phenoxy) is 1. The second-order valence-electron chi connectivity index (χ2n) is 9.14. The third kappa shape index (κ3) is 4.35. The lowest BCUT2D eigenvalue weighted by Crippen LogP contribution is -2.49. The molecular weight excluding hydrogens is 498 g/mol. The van der Waals surface area contributed by atoms with Crippen LogP contribution < -0.4 is 9.64 Å². The highest BCUT2D eigenvalue weighted by Crippen LogP contribution is 2.38. The first-order valence-electron chi connectivity index (χ1n) is 12.5. The molecule has 0 unspecified atom stereocenters. The zero-order valence-electron chi connectivity index (χ0n) is 20.9. The number of carbonyl (C=O) groups is 1. The number of hydrogen-bond acceptors (Lipinski definition) is 5. The number of benzene rings is 3. The van der Waals surface area contributed by atoms with Crippen molar-refractivity contribution in [2.75, 3.05) is 38.2 Å². The Morgan fingerprint density at radius 3 is 2.42 bits per heavy atom. The quantitative estimate of drug-likeness (QED) is 0.295. The van der Waals surface area contributed by atoms with Crippen molar-refractivity contribution >= 4 is 34.4 Å². The number of rotatable bonds is 5. The molecule has 0 aliphatic carbocycles. The van der Waals surface area contributed by atoms with E-state index in [1.165, 1.54) is 0 Å². The number of nitrogens with zero attached hydrogens (tertiary/aromatic N) is 5. The second-order valence-corrected chi connectivity index (χ2v) is 9.57. The van der Waals surface area contributed by atoms with Gasteiger partial charge in [0, 0.05) is 48.5 Å². The van der Waals surface area contributed by atoms with E-state index in [-0.39, 0.29) is 5.91 Å². The molecule has 1 fully saturated rings. The van der Waals surface area contributed by atoms with Gasteiger partial charge < -0.3 is 14.5 Å². The van der Waals surface area contributed by atoms with Gasteiger partial charge in [0.1, 0.15) is 17.9 Å². The Morgan fingerprint density at radius 2 is 1.66 bits per heavy atom. The molecule has 0 radical (unpaired) electrons. The summed E-state index contributed by atoms with van der Waals surface area (Å²) in [6.45, 7) is 2.49. The summed E-state index contributed by atoms with van der Waals surface area (Å²) in [4.78, 5) is 26.7. The summed E-state index contributed by atoms with van der Waals surface area (Å²) >= 11 is 6.11. The van der Waals surface area contributed by atoms with Gasteiger partial charge in [-0.25, -0.2) is 9.97 Å². The van der Waals surface area contributed by atoms with Crippen LogP contribution in [0.2, 0.25) is 5.02 Å². The van der Waals surface area contributed by atoms with Crippen molar-refractivity contribution < 1.29 is 9.53 Å². The molecule has 0 N–H and O–H groups in total. The normalized spacial score (nSPS) is 13.6. The number of anilines is 1. The lowest BCUT2D eigenvalue weighted by molar-refractivity contribution is 0.0746. The molecule has 1 aliphatic rings. The van der Waals surface area contributed by atoms with E-state index in [2.05, 4.69) is 27.8 Å². The van der Waals surface area contributed by atoms with E-state index in [1.807, 2.05) is 47.4 Å². The predicted molar refractivity (Wildman–Crippen MR) is 150 cm³/mol. The molecule has 190 valence electrons. The average Bonchev–Trinajstić information content (AvgIpc) is 3.37. The lowest BCUT2D eigenvalue weighted by atomic mass is 10.1. The molecule has 0 spiro atoms. The summed E-state index contributed by atoms with van der Waals surface area (Å²) < 4.78 is 7.74. The molecule has 1 amide bonds. The Bertz CT molecular complexity index is 1610. The molecule has 3 aromatic carbocycles. The number of fused-ring (bicyclic) bond motifs is 1. The fraction of sp³-hybridized carbons (Fsp3) is 0.167. The van der Waals surface area contributed by atoms with E-state index in [4.69, 9.17) is 26.3 Å². The Labute approximate surface area is 225 Å². The topological polar surface area (TPSA) is 63.5 Å². The van der Waals surface area contributed by atoms with Crippen LogP contribution in [-0.4, -0.2) is 58.6 Å².